The first-order chi connectivity index (χ1) is 11.3. The number of benzene rings is 1. The number of carbonyl (C=O) groups is 1. The number of amides is 1. The van der Waals surface area contributed by atoms with Gasteiger partial charge in [0.25, 0.3) is 5.91 Å². The summed E-state index contributed by atoms with van der Waals surface area (Å²) < 4.78 is 1.75. The number of aromatic nitrogens is 2. The van der Waals surface area contributed by atoms with Crippen molar-refractivity contribution < 1.29 is 4.79 Å². The number of hydrogen-bond donors (Lipinski definition) is 1. The Morgan fingerprint density at radius 3 is 2.78 bits per heavy atom. The first-order valence-electron chi connectivity index (χ1n) is 7.24. The SMILES string of the molecule is Cc1nc2ccccn2c1C(=O)NN=CC=Cc1ccccc1. The minimum Gasteiger partial charge on any atom is -0.295 e. The van der Waals surface area contributed by atoms with Gasteiger partial charge in [-0.15, -0.1) is 0 Å². The van der Waals surface area contributed by atoms with Gasteiger partial charge in [-0.3, -0.25) is 9.20 Å². The topological polar surface area (TPSA) is 58.8 Å². The summed E-state index contributed by atoms with van der Waals surface area (Å²) in [5.74, 6) is -0.287. The van der Waals surface area contributed by atoms with Crippen LogP contribution in [0.2, 0.25) is 0 Å². The molecule has 0 saturated heterocycles. The number of nitrogens with one attached hydrogen (secondary N) is 1. The minimum absolute atomic E-state index is 0.287. The van der Waals surface area contributed by atoms with Crippen LogP contribution in [-0.2, 0) is 0 Å². The Kier molecular flexibility index (Phi) is 4.29. The van der Waals surface area contributed by atoms with Crippen molar-refractivity contribution >= 4 is 23.8 Å². The van der Waals surface area contributed by atoms with Crippen LogP contribution >= 0.6 is 0 Å². The first kappa shape index (κ1) is 14.7. The maximum atomic E-state index is 12.3. The van der Waals surface area contributed by atoms with E-state index in [2.05, 4.69) is 15.5 Å². The third kappa shape index (κ3) is 3.35. The van der Waals surface area contributed by atoms with Gasteiger partial charge in [0.05, 0.1) is 5.69 Å². The Morgan fingerprint density at radius 1 is 1.17 bits per heavy atom. The summed E-state index contributed by atoms with van der Waals surface area (Å²) in [6, 6.07) is 15.5. The molecule has 1 amide bonds. The zero-order chi connectivity index (χ0) is 16.1. The number of hydrogen-bond acceptors (Lipinski definition) is 3. The number of hydrazone groups is 1. The van der Waals surface area contributed by atoms with Crippen molar-refractivity contribution in [2.24, 2.45) is 5.10 Å². The van der Waals surface area contributed by atoms with Crippen LogP contribution in [0, 0.1) is 6.92 Å². The molecule has 23 heavy (non-hydrogen) atoms. The third-order valence-electron chi connectivity index (χ3n) is 3.33. The normalized spacial score (nSPS) is 11.5. The van der Waals surface area contributed by atoms with Gasteiger partial charge in [0.1, 0.15) is 11.3 Å². The lowest BCUT2D eigenvalue weighted by atomic mass is 10.2. The van der Waals surface area contributed by atoms with Gasteiger partial charge < -0.3 is 0 Å². The second-order valence-corrected chi connectivity index (χ2v) is 4.96. The molecule has 0 saturated carbocycles. The van der Waals surface area contributed by atoms with E-state index < -0.39 is 0 Å². The predicted molar refractivity (Wildman–Crippen MR) is 91.4 cm³/mol. The molecule has 3 rings (SSSR count). The third-order valence-corrected chi connectivity index (χ3v) is 3.33. The van der Waals surface area contributed by atoms with Crippen LogP contribution in [0.3, 0.4) is 0 Å². The molecular weight excluding hydrogens is 288 g/mol. The average Bonchev–Trinajstić information content (AvgIpc) is 2.91. The summed E-state index contributed by atoms with van der Waals surface area (Å²) >= 11 is 0. The van der Waals surface area contributed by atoms with Crippen LogP contribution in [-0.4, -0.2) is 21.5 Å². The molecule has 0 fully saturated rings. The Balaban J connectivity index is 1.68. The van der Waals surface area contributed by atoms with Crippen LogP contribution in [0.1, 0.15) is 21.7 Å². The molecule has 0 atom stereocenters. The van der Waals surface area contributed by atoms with Gasteiger partial charge in [0, 0.05) is 12.4 Å². The van der Waals surface area contributed by atoms with Gasteiger partial charge >= 0.3 is 0 Å². The van der Waals surface area contributed by atoms with Crippen LogP contribution in [0.4, 0.5) is 0 Å². The molecule has 1 aromatic carbocycles. The van der Waals surface area contributed by atoms with Crippen LogP contribution in [0.25, 0.3) is 11.7 Å². The molecule has 1 N–H and O–H groups in total. The number of allylic oxidation sites excluding steroid dienone is 1. The summed E-state index contributed by atoms with van der Waals surface area (Å²) in [5.41, 5.74) is 5.49. The minimum atomic E-state index is -0.287. The van der Waals surface area contributed by atoms with E-state index in [1.165, 1.54) is 0 Å². The number of imidazole rings is 1. The maximum Gasteiger partial charge on any atom is 0.290 e. The lowest BCUT2D eigenvalue weighted by Gasteiger charge is -2.00. The quantitative estimate of drug-likeness (QED) is 0.595. The van der Waals surface area contributed by atoms with E-state index in [9.17, 15) is 4.79 Å². The lowest BCUT2D eigenvalue weighted by Crippen LogP contribution is -2.20. The Hall–Kier alpha value is -3.21. The number of fused-ring (bicyclic) bond motifs is 1. The number of carbonyl (C=O) groups excluding carboxylic acids is 1. The molecule has 0 spiro atoms. The second-order valence-electron chi connectivity index (χ2n) is 4.96. The highest BCUT2D eigenvalue weighted by Crippen LogP contribution is 2.11. The van der Waals surface area contributed by atoms with Crippen molar-refractivity contribution in [1.82, 2.24) is 14.8 Å². The number of pyridine rings is 1. The Bertz CT molecular complexity index is 878. The van der Waals surface area contributed by atoms with Crippen molar-refractivity contribution in [2.75, 3.05) is 0 Å². The Morgan fingerprint density at radius 2 is 1.96 bits per heavy atom. The number of nitrogens with zero attached hydrogens (tertiary/aromatic N) is 3. The zero-order valence-electron chi connectivity index (χ0n) is 12.7. The van der Waals surface area contributed by atoms with E-state index in [4.69, 9.17) is 0 Å². The molecule has 5 nitrogen and oxygen atoms in total. The van der Waals surface area contributed by atoms with E-state index in [1.54, 1.807) is 23.6 Å². The fraction of sp³-hybridized carbons (Fsp3) is 0.0556. The number of aryl methyl sites for hydroxylation is 1. The van der Waals surface area contributed by atoms with E-state index >= 15 is 0 Å². The van der Waals surface area contributed by atoms with Gasteiger partial charge in [-0.05, 0) is 30.7 Å². The van der Waals surface area contributed by atoms with Crippen molar-refractivity contribution in [3.05, 3.63) is 77.8 Å². The van der Waals surface area contributed by atoms with Crippen molar-refractivity contribution in [3.8, 4) is 0 Å². The van der Waals surface area contributed by atoms with E-state index in [-0.39, 0.29) is 5.91 Å². The molecule has 3 aromatic rings. The molecule has 114 valence electrons. The average molecular weight is 304 g/mol. The molecule has 0 aliphatic heterocycles. The van der Waals surface area contributed by atoms with Crippen LogP contribution < -0.4 is 5.43 Å². The highest BCUT2D eigenvalue weighted by Gasteiger charge is 2.15. The molecule has 0 radical (unpaired) electrons. The van der Waals surface area contributed by atoms with Gasteiger partial charge in [0.2, 0.25) is 0 Å². The second kappa shape index (κ2) is 6.70. The monoisotopic (exact) mass is 304 g/mol. The van der Waals surface area contributed by atoms with Gasteiger partial charge in [-0.1, -0.05) is 42.5 Å². The fourth-order valence-corrected chi connectivity index (χ4v) is 2.30. The highest BCUT2D eigenvalue weighted by atomic mass is 16.2. The van der Waals surface area contributed by atoms with Crippen molar-refractivity contribution in [3.63, 3.8) is 0 Å². The Labute approximate surface area is 134 Å². The molecule has 0 aliphatic rings. The van der Waals surface area contributed by atoms with E-state index in [0.717, 1.165) is 11.2 Å². The molecule has 5 heteroatoms. The first-order valence-corrected chi connectivity index (χ1v) is 7.24. The van der Waals surface area contributed by atoms with Gasteiger partial charge in [-0.2, -0.15) is 5.10 Å². The summed E-state index contributed by atoms with van der Waals surface area (Å²) in [7, 11) is 0. The van der Waals surface area contributed by atoms with Crippen LogP contribution in [0.5, 0.6) is 0 Å². The van der Waals surface area contributed by atoms with E-state index in [1.807, 2.05) is 60.8 Å². The lowest BCUT2D eigenvalue weighted by molar-refractivity contribution is 0.0948. The highest BCUT2D eigenvalue weighted by molar-refractivity contribution is 5.95. The van der Waals surface area contributed by atoms with Gasteiger partial charge in [-0.25, -0.2) is 10.4 Å². The van der Waals surface area contributed by atoms with Gasteiger partial charge in [0.15, 0.2) is 0 Å². The molecule has 2 aromatic heterocycles. The summed E-state index contributed by atoms with van der Waals surface area (Å²) in [4.78, 5) is 16.6. The zero-order valence-corrected chi connectivity index (χ0v) is 12.7. The van der Waals surface area contributed by atoms with Crippen LogP contribution in [0.15, 0.2) is 65.9 Å². The smallest absolute Gasteiger partial charge is 0.290 e. The van der Waals surface area contributed by atoms with E-state index in [0.29, 0.717) is 11.4 Å². The summed E-state index contributed by atoms with van der Waals surface area (Å²) in [5, 5.41) is 3.94. The molecular formula is C18H16N4O. The molecule has 0 aliphatic carbocycles. The number of rotatable bonds is 4. The summed E-state index contributed by atoms with van der Waals surface area (Å²) in [6.45, 7) is 1.81. The fourth-order valence-electron chi connectivity index (χ4n) is 2.30. The van der Waals surface area contributed by atoms with Crippen molar-refractivity contribution in [2.45, 2.75) is 6.92 Å². The summed E-state index contributed by atoms with van der Waals surface area (Å²) in [6.07, 6.45) is 7.04. The molecule has 2 heterocycles. The standard InChI is InChI=1S/C18H16N4O/c1-14-17(22-13-6-5-11-16(22)20-14)18(23)21-19-12-7-10-15-8-3-2-4-9-15/h2-13H,1H3,(H,21,23). The largest absolute Gasteiger partial charge is 0.295 e. The predicted octanol–water partition coefficient (Wildman–Crippen LogP) is 3.07. The molecule has 0 unspecified atom stereocenters. The molecule has 0 bridgehead atoms. The maximum absolute atomic E-state index is 12.3. The van der Waals surface area contributed by atoms with Crippen molar-refractivity contribution in [1.29, 1.82) is 0 Å².